The number of nitrogens with zero attached hydrogens (tertiary/aromatic N) is 3. The Kier molecular flexibility index (Phi) is 7.60. The lowest BCUT2D eigenvalue weighted by Gasteiger charge is -2.20. The van der Waals surface area contributed by atoms with E-state index in [-0.39, 0.29) is 5.91 Å². The van der Waals surface area contributed by atoms with Crippen LogP contribution in [0.4, 0.5) is 5.69 Å². The molecular formula is C25H31N5O. The van der Waals surface area contributed by atoms with Crippen molar-refractivity contribution in [2.75, 3.05) is 18.0 Å². The van der Waals surface area contributed by atoms with Crippen LogP contribution < -0.4 is 10.3 Å². The van der Waals surface area contributed by atoms with Crippen LogP contribution >= 0.6 is 0 Å². The number of H-pyrrole nitrogens is 1. The summed E-state index contributed by atoms with van der Waals surface area (Å²) in [6.07, 6.45) is 2.68. The highest BCUT2D eigenvalue weighted by atomic mass is 16.2. The Labute approximate surface area is 184 Å². The molecule has 0 atom stereocenters. The summed E-state index contributed by atoms with van der Waals surface area (Å²) in [5, 5.41) is 11.1. The summed E-state index contributed by atoms with van der Waals surface area (Å²) >= 11 is 0. The molecule has 162 valence electrons. The number of carbonyl (C=O) groups excluding carboxylic acids is 1. The zero-order valence-electron chi connectivity index (χ0n) is 18.7. The molecule has 1 heterocycles. The minimum atomic E-state index is -0.328. The fourth-order valence-corrected chi connectivity index (χ4v) is 3.45. The van der Waals surface area contributed by atoms with Crippen molar-refractivity contribution in [2.24, 2.45) is 11.0 Å². The van der Waals surface area contributed by atoms with Crippen molar-refractivity contribution in [3.8, 4) is 11.3 Å². The largest absolute Gasteiger partial charge is 0.372 e. The molecule has 3 rings (SSSR count). The Balaban J connectivity index is 1.58. The number of carbonyl (C=O) groups is 1. The minimum absolute atomic E-state index is 0.328. The van der Waals surface area contributed by atoms with Gasteiger partial charge in [0.25, 0.3) is 5.91 Å². The van der Waals surface area contributed by atoms with E-state index < -0.39 is 0 Å². The normalized spacial score (nSPS) is 11.3. The van der Waals surface area contributed by atoms with E-state index in [1.165, 1.54) is 11.3 Å². The minimum Gasteiger partial charge on any atom is -0.372 e. The molecule has 0 aliphatic heterocycles. The van der Waals surface area contributed by atoms with Crippen LogP contribution in [-0.4, -0.2) is 35.4 Å². The number of anilines is 1. The molecule has 1 aromatic heterocycles. The first-order chi connectivity index (χ1) is 15.0. The van der Waals surface area contributed by atoms with Crippen LogP contribution in [0.15, 0.2) is 59.7 Å². The van der Waals surface area contributed by atoms with Crippen LogP contribution in [-0.2, 0) is 6.42 Å². The number of rotatable bonds is 9. The lowest BCUT2D eigenvalue weighted by atomic mass is 10.0. The van der Waals surface area contributed by atoms with E-state index in [0.29, 0.717) is 11.6 Å². The van der Waals surface area contributed by atoms with E-state index in [1.54, 1.807) is 12.3 Å². The number of nitrogens with one attached hydrogen (secondary N) is 2. The Morgan fingerprint density at radius 1 is 1.10 bits per heavy atom. The lowest BCUT2D eigenvalue weighted by molar-refractivity contribution is 0.0950. The maximum Gasteiger partial charge on any atom is 0.289 e. The molecule has 0 aliphatic rings. The van der Waals surface area contributed by atoms with Crippen LogP contribution in [0.1, 0.15) is 49.3 Å². The van der Waals surface area contributed by atoms with Crippen LogP contribution in [0.25, 0.3) is 11.3 Å². The molecule has 0 radical (unpaired) electrons. The molecule has 0 saturated carbocycles. The molecule has 0 unspecified atom stereocenters. The van der Waals surface area contributed by atoms with Gasteiger partial charge >= 0.3 is 0 Å². The first-order valence-corrected chi connectivity index (χ1v) is 10.8. The average molecular weight is 418 g/mol. The summed E-state index contributed by atoms with van der Waals surface area (Å²) in [6.45, 7) is 10.6. The van der Waals surface area contributed by atoms with Gasteiger partial charge in [0.05, 0.1) is 11.9 Å². The van der Waals surface area contributed by atoms with Gasteiger partial charge in [-0.1, -0.05) is 50.2 Å². The molecule has 6 nitrogen and oxygen atoms in total. The smallest absolute Gasteiger partial charge is 0.289 e. The maximum absolute atomic E-state index is 12.4. The fraction of sp³-hybridized carbons (Fsp3) is 0.320. The lowest BCUT2D eigenvalue weighted by Crippen LogP contribution is -2.21. The van der Waals surface area contributed by atoms with Gasteiger partial charge in [-0.15, -0.1) is 0 Å². The molecular weight excluding hydrogens is 386 g/mol. The molecule has 2 N–H and O–H groups in total. The van der Waals surface area contributed by atoms with Crippen molar-refractivity contribution in [1.29, 1.82) is 0 Å². The molecule has 0 fully saturated rings. The van der Waals surface area contributed by atoms with E-state index in [9.17, 15) is 4.79 Å². The van der Waals surface area contributed by atoms with Crippen LogP contribution in [0.5, 0.6) is 0 Å². The monoisotopic (exact) mass is 417 g/mol. The molecule has 0 spiro atoms. The number of amides is 1. The van der Waals surface area contributed by atoms with Crippen molar-refractivity contribution in [3.05, 3.63) is 71.4 Å². The van der Waals surface area contributed by atoms with Gasteiger partial charge in [-0.2, -0.15) is 10.2 Å². The van der Waals surface area contributed by atoms with Gasteiger partial charge in [0, 0.05) is 24.3 Å². The summed E-state index contributed by atoms with van der Waals surface area (Å²) in [4.78, 5) is 14.6. The second kappa shape index (κ2) is 10.6. The van der Waals surface area contributed by atoms with Crippen LogP contribution in [0, 0.1) is 5.92 Å². The average Bonchev–Trinajstić information content (AvgIpc) is 3.26. The maximum atomic E-state index is 12.4. The Morgan fingerprint density at radius 3 is 2.39 bits per heavy atom. The number of hydrogen-bond acceptors (Lipinski definition) is 4. The number of hydrazone groups is 1. The third-order valence-electron chi connectivity index (χ3n) is 5.12. The van der Waals surface area contributed by atoms with Crippen molar-refractivity contribution < 1.29 is 4.79 Å². The van der Waals surface area contributed by atoms with Crippen molar-refractivity contribution in [3.63, 3.8) is 0 Å². The molecule has 0 bridgehead atoms. The molecule has 3 aromatic rings. The summed E-state index contributed by atoms with van der Waals surface area (Å²) in [5.41, 5.74) is 8.02. The summed E-state index contributed by atoms with van der Waals surface area (Å²) in [5.74, 6) is 0.290. The SMILES string of the molecule is CCN(CC)c1ccc(/C=N/NC(=O)c2cc(-c3ccc(CC(C)C)cc3)n[nH]2)cc1. The molecule has 0 saturated heterocycles. The van der Waals surface area contributed by atoms with E-state index in [1.807, 2.05) is 24.3 Å². The highest BCUT2D eigenvalue weighted by Gasteiger charge is 2.10. The molecule has 2 aromatic carbocycles. The van der Waals surface area contributed by atoms with Gasteiger partial charge in [-0.25, -0.2) is 5.43 Å². The zero-order chi connectivity index (χ0) is 22.2. The van der Waals surface area contributed by atoms with E-state index in [4.69, 9.17) is 0 Å². The topological polar surface area (TPSA) is 73.4 Å². The van der Waals surface area contributed by atoms with Crippen molar-refractivity contribution >= 4 is 17.8 Å². The highest BCUT2D eigenvalue weighted by molar-refractivity contribution is 5.94. The van der Waals surface area contributed by atoms with Crippen LogP contribution in [0.2, 0.25) is 0 Å². The molecule has 1 amide bonds. The Morgan fingerprint density at radius 2 is 1.77 bits per heavy atom. The Bertz CT molecular complexity index is 999. The number of aromatic nitrogens is 2. The van der Waals surface area contributed by atoms with E-state index in [0.717, 1.165) is 36.3 Å². The number of hydrogen-bond donors (Lipinski definition) is 2. The van der Waals surface area contributed by atoms with Gasteiger partial charge in [-0.3, -0.25) is 9.89 Å². The van der Waals surface area contributed by atoms with Crippen molar-refractivity contribution in [2.45, 2.75) is 34.1 Å². The van der Waals surface area contributed by atoms with Gasteiger partial charge in [0.2, 0.25) is 0 Å². The number of benzene rings is 2. The summed E-state index contributed by atoms with van der Waals surface area (Å²) < 4.78 is 0. The quantitative estimate of drug-likeness (QED) is 0.385. The zero-order valence-corrected chi connectivity index (χ0v) is 18.7. The highest BCUT2D eigenvalue weighted by Crippen LogP contribution is 2.19. The van der Waals surface area contributed by atoms with Gasteiger partial charge in [0.15, 0.2) is 0 Å². The standard InChI is InChI=1S/C25H31N5O/c1-5-30(6-2)22-13-9-20(10-14-22)17-26-29-25(31)24-16-23(27-28-24)21-11-7-19(8-12-21)15-18(3)4/h7-14,16-18H,5-6,15H2,1-4H3,(H,27,28)(H,29,31)/b26-17+. The summed E-state index contributed by atoms with van der Waals surface area (Å²) in [7, 11) is 0. The first kappa shape index (κ1) is 22.3. The third-order valence-corrected chi connectivity index (χ3v) is 5.12. The second-order valence-corrected chi connectivity index (χ2v) is 7.92. The van der Waals surface area contributed by atoms with Gasteiger partial charge < -0.3 is 4.90 Å². The first-order valence-electron chi connectivity index (χ1n) is 10.8. The van der Waals surface area contributed by atoms with E-state index in [2.05, 4.69) is 77.6 Å². The van der Waals surface area contributed by atoms with Crippen molar-refractivity contribution in [1.82, 2.24) is 15.6 Å². The molecule has 0 aliphatic carbocycles. The molecule has 6 heteroatoms. The second-order valence-electron chi connectivity index (χ2n) is 7.92. The summed E-state index contributed by atoms with van der Waals surface area (Å²) in [6, 6.07) is 18.1. The van der Waals surface area contributed by atoms with Crippen LogP contribution in [0.3, 0.4) is 0 Å². The Hall–Kier alpha value is -3.41. The van der Waals surface area contributed by atoms with E-state index >= 15 is 0 Å². The van der Waals surface area contributed by atoms with Gasteiger partial charge in [-0.05, 0) is 55.5 Å². The van der Waals surface area contributed by atoms with Gasteiger partial charge in [0.1, 0.15) is 5.69 Å². The fourth-order valence-electron chi connectivity index (χ4n) is 3.45. The number of aromatic amines is 1. The third kappa shape index (κ3) is 6.04. The predicted molar refractivity (Wildman–Crippen MR) is 128 cm³/mol. The molecule has 31 heavy (non-hydrogen) atoms. The predicted octanol–water partition coefficient (Wildman–Crippen LogP) is 4.89.